The van der Waals surface area contributed by atoms with Crippen molar-refractivity contribution in [3.63, 3.8) is 0 Å². The fourth-order valence-electron chi connectivity index (χ4n) is 2.16. The van der Waals surface area contributed by atoms with Crippen LogP contribution in [-0.2, 0) is 6.54 Å². The van der Waals surface area contributed by atoms with Crippen molar-refractivity contribution >= 4 is 16.9 Å². The molecule has 2 aromatic rings. The number of hydrogen-bond donors (Lipinski definition) is 2. The highest BCUT2D eigenvalue weighted by molar-refractivity contribution is 6.00. The number of aromatic nitrogens is 3. The molecule has 0 fully saturated rings. The van der Waals surface area contributed by atoms with E-state index >= 15 is 0 Å². The number of aliphatic hydroxyl groups excluding tert-OH is 1. The van der Waals surface area contributed by atoms with Gasteiger partial charge in [-0.3, -0.25) is 4.79 Å². The van der Waals surface area contributed by atoms with E-state index in [0.29, 0.717) is 19.4 Å². The second-order valence-electron chi connectivity index (χ2n) is 4.78. The average molecular weight is 295 g/mol. The molecule has 0 aromatic carbocycles. The van der Waals surface area contributed by atoms with E-state index in [1.807, 2.05) is 0 Å². The molecule has 0 saturated heterocycles. The van der Waals surface area contributed by atoms with E-state index in [1.165, 1.54) is 0 Å². The van der Waals surface area contributed by atoms with Crippen molar-refractivity contribution in [2.24, 2.45) is 0 Å². The zero-order chi connectivity index (χ0) is 15.4. The first-order chi connectivity index (χ1) is 10.1. The maximum absolute atomic E-state index is 12.2. The predicted molar refractivity (Wildman–Crippen MR) is 73.3 cm³/mol. The second kappa shape index (κ2) is 6.49. The molecule has 0 atom stereocenters. The van der Waals surface area contributed by atoms with Crippen molar-refractivity contribution in [1.29, 1.82) is 0 Å². The van der Waals surface area contributed by atoms with Crippen molar-refractivity contribution in [2.45, 2.75) is 39.2 Å². The van der Waals surface area contributed by atoms with Gasteiger partial charge >= 0.3 is 5.97 Å². The van der Waals surface area contributed by atoms with E-state index in [1.54, 1.807) is 6.92 Å². The van der Waals surface area contributed by atoms with E-state index < -0.39 is 11.5 Å². The molecule has 0 aliphatic carbocycles. The number of aliphatic hydroxyl groups is 1. The van der Waals surface area contributed by atoms with Crippen LogP contribution in [0, 0.1) is 6.92 Å². The summed E-state index contributed by atoms with van der Waals surface area (Å²) in [6, 6.07) is 0. The Bertz CT molecular complexity index is 704. The van der Waals surface area contributed by atoms with Crippen LogP contribution in [0.1, 0.15) is 41.9 Å². The zero-order valence-corrected chi connectivity index (χ0v) is 11.7. The number of aromatic carboxylic acids is 1. The largest absolute Gasteiger partial charge is 0.476 e. The van der Waals surface area contributed by atoms with Gasteiger partial charge in [0.05, 0.1) is 5.39 Å². The Balaban J connectivity index is 2.30. The third-order valence-electron chi connectivity index (χ3n) is 3.24. The fraction of sp³-hybridized carbons (Fsp3) is 0.538. The summed E-state index contributed by atoms with van der Waals surface area (Å²) in [6.07, 6.45) is 3.06. The van der Waals surface area contributed by atoms with Crippen LogP contribution >= 0.6 is 0 Å². The minimum atomic E-state index is -1.22. The van der Waals surface area contributed by atoms with Crippen molar-refractivity contribution in [3.8, 4) is 0 Å². The molecule has 21 heavy (non-hydrogen) atoms. The molecule has 0 aliphatic heterocycles. The van der Waals surface area contributed by atoms with Gasteiger partial charge in [-0.25, -0.2) is 9.48 Å². The van der Waals surface area contributed by atoms with E-state index in [4.69, 9.17) is 9.63 Å². The molecular weight excluding hydrogens is 278 g/mol. The van der Waals surface area contributed by atoms with E-state index in [2.05, 4.69) is 10.3 Å². The van der Waals surface area contributed by atoms with Gasteiger partial charge in [-0.15, -0.1) is 0 Å². The molecule has 0 aliphatic rings. The first-order valence-corrected chi connectivity index (χ1v) is 6.77. The summed E-state index contributed by atoms with van der Waals surface area (Å²) in [5.41, 5.74) is -0.678. The van der Waals surface area contributed by atoms with Crippen molar-refractivity contribution in [2.75, 3.05) is 6.61 Å². The maximum atomic E-state index is 12.2. The summed E-state index contributed by atoms with van der Waals surface area (Å²) < 4.78 is 6.02. The van der Waals surface area contributed by atoms with Crippen LogP contribution in [0.2, 0.25) is 0 Å². The van der Waals surface area contributed by atoms with Crippen molar-refractivity contribution in [1.82, 2.24) is 14.9 Å². The van der Waals surface area contributed by atoms with E-state index in [-0.39, 0.29) is 29.0 Å². The van der Waals surface area contributed by atoms with Gasteiger partial charge in [-0.1, -0.05) is 18.0 Å². The molecule has 0 saturated carbocycles. The van der Waals surface area contributed by atoms with Crippen LogP contribution in [0.3, 0.4) is 0 Å². The number of unbranched alkanes of at least 4 members (excludes halogenated alkanes) is 3. The molecule has 0 amide bonds. The van der Waals surface area contributed by atoms with Gasteiger partial charge < -0.3 is 14.7 Å². The highest BCUT2D eigenvalue weighted by atomic mass is 16.5. The lowest BCUT2D eigenvalue weighted by molar-refractivity contribution is 0.0689. The minimum Gasteiger partial charge on any atom is -0.476 e. The number of nitrogens with zero attached hydrogens (tertiary/aromatic N) is 3. The van der Waals surface area contributed by atoms with Gasteiger partial charge in [0.2, 0.25) is 0 Å². The number of fused-ring (bicyclic) bond motifs is 1. The zero-order valence-electron chi connectivity index (χ0n) is 11.7. The van der Waals surface area contributed by atoms with Crippen molar-refractivity contribution in [3.05, 3.63) is 21.8 Å². The van der Waals surface area contributed by atoms with E-state index in [9.17, 15) is 14.7 Å². The lowest BCUT2D eigenvalue weighted by atomic mass is 10.2. The summed E-state index contributed by atoms with van der Waals surface area (Å²) >= 11 is 0. The van der Waals surface area contributed by atoms with Gasteiger partial charge in [-0.05, 0) is 19.8 Å². The van der Waals surface area contributed by atoms with E-state index in [0.717, 1.165) is 17.5 Å². The standard InChI is InChI=1S/C13H17N3O5/c1-8-9-10(15-21-8)12(18)16(14-11(9)13(19)20)6-4-2-3-5-7-17/h17H,2-7H2,1H3,(H,19,20). The Morgan fingerprint density at radius 3 is 2.67 bits per heavy atom. The van der Waals surface area contributed by atoms with Gasteiger partial charge in [0.25, 0.3) is 5.56 Å². The molecule has 2 N–H and O–H groups in total. The first kappa shape index (κ1) is 15.2. The summed E-state index contributed by atoms with van der Waals surface area (Å²) in [4.78, 5) is 23.5. The lowest BCUT2D eigenvalue weighted by Crippen LogP contribution is -2.26. The molecular formula is C13H17N3O5. The van der Waals surface area contributed by atoms with Crippen LogP contribution < -0.4 is 5.56 Å². The third-order valence-corrected chi connectivity index (χ3v) is 3.24. The second-order valence-corrected chi connectivity index (χ2v) is 4.78. The molecule has 0 unspecified atom stereocenters. The molecule has 114 valence electrons. The Morgan fingerprint density at radius 1 is 1.29 bits per heavy atom. The van der Waals surface area contributed by atoms with Gasteiger partial charge in [0.15, 0.2) is 11.2 Å². The van der Waals surface area contributed by atoms with Gasteiger partial charge in [0.1, 0.15) is 5.76 Å². The van der Waals surface area contributed by atoms with Gasteiger partial charge in [0, 0.05) is 13.2 Å². The van der Waals surface area contributed by atoms with Crippen LogP contribution in [0.15, 0.2) is 9.32 Å². The minimum absolute atomic E-state index is 0.00439. The molecule has 2 aromatic heterocycles. The highest BCUT2D eigenvalue weighted by Gasteiger charge is 2.21. The Morgan fingerprint density at radius 2 is 2.00 bits per heavy atom. The fourth-order valence-corrected chi connectivity index (χ4v) is 2.16. The lowest BCUT2D eigenvalue weighted by Gasteiger charge is -2.06. The molecule has 8 heteroatoms. The molecule has 0 radical (unpaired) electrons. The summed E-state index contributed by atoms with van der Waals surface area (Å²) in [7, 11) is 0. The normalized spacial score (nSPS) is 11.1. The molecule has 2 heterocycles. The van der Waals surface area contributed by atoms with Crippen LogP contribution in [0.25, 0.3) is 10.9 Å². The summed E-state index contributed by atoms with van der Waals surface area (Å²) in [5.74, 6) is -0.956. The first-order valence-electron chi connectivity index (χ1n) is 6.77. The Kier molecular flexibility index (Phi) is 4.69. The molecule has 0 spiro atoms. The number of rotatable bonds is 7. The number of aryl methyl sites for hydroxylation is 2. The number of hydrogen-bond acceptors (Lipinski definition) is 6. The molecule has 0 bridgehead atoms. The Labute approximate surface area is 120 Å². The number of carboxylic acids is 1. The Hall–Kier alpha value is -2.22. The van der Waals surface area contributed by atoms with Crippen molar-refractivity contribution < 1.29 is 19.5 Å². The average Bonchev–Trinajstić information content (AvgIpc) is 2.83. The predicted octanol–water partition coefficient (Wildman–Crippen LogP) is 0.944. The topological polar surface area (TPSA) is 118 Å². The summed E-state index contributed by atoms with van der Waals surface area (Å²) in [6.45, 7) is 2.00. The highest BCUT2D eigenvalue weighted by Crippen LogP contribution is 2.17. The number of carbonyl (C=O) groups is 1. The van der Waals surface area contributed by atoms with Crippen LogP contribution in [0.5, 0.6) is 0 Å². The SMILES string of the molecule is Cc1onc2c(=O)n(CCCCCCO)nc(C(=O)O)c12. The third kappa shape index (κ3) is 3.10. The van der Waals surface area contributed by atoms with Crippen LogP contribution in [0.4, 0.5) is 0 Å². The smallest absolute Gasteiger partial charge is 0.357 e. The monoisotopic (exact) mass is 295 g/mol. The van der Waals surface area contributed by atoms with Gasteiger partial charge in [-0.2, -0.15) is 5.10 Å². The molecule has 8 nitrogen and oxygen atoms in total. The summed E-state index contributed by atoms with van der Waals surface area (Å²) in [5, 5.41) is 25.6. The van der Waals surface area contributed by atoms with Crippen LogP contribution in [-0.4, -0.2) is 37.7 Å². The number of carboxylic acid groups (broad SMARTS) is 1. The molecule has 2 rings (SSSR count). The quantitative estimate of drug-likeness (QED) is 0.730. The maximum Gasteiger partial charge on any atom is 0.357 e.